The van der Waals surface area contributed by atoms with Crippen LogP contribution in [0.3, 0.4) is 0 Å². The summed E-state index contributed by atoms with van der Waals surface area (Å²) in [6.07, 6.45) is 2.10. The molecule has 0 aromatic heterocycles. The molecule has 1 aliphatic heterocycles. The van der Waals surface area contributed by atoms with E-state index in [0.717, 1.165) is 32.5 Å². The highest BCUT2D eigenvalue weighted by molar-refractivity contribution is 5.73. The maximum absolute atomic E-state index is 10.8. The zero-order chi connectivity index (χ0) is 10.6. The summed E-state index contributed by atoms with van der Waals surface area (Å²) >= 11 is 0. The van der Waals surface area contributed by atoms with E-state index < -0.39 is 0 Å². The Balaban J connectivity index is 2.21. The molecule has 1 heterocycles. The topological polar surface area (TPSA) is 58.4 Å². The van der Waals surface area contributed by atoms with E-state index in [0.29, 0.717) is 6.04 Å². The smallest absolute Gasteiger partial charge is 0.217 e. The molecule has 0 radical (unpaired) electrons. The van der Waals surface area contributed by atoms with Crippen molar-refractivity contribution in [1.29, 1.82) is 0 Å². The van der Waals surface area contributed by atoms with Crippen LogP contribution in [0.15, 0.2) is 0 Å². The molecule has 3 N–H and O–H groups in total. The van der Waals surface area contributed by atoms with Gasteiger partial charge < -0.3 is 16.0 Å². The number of carbonyl (C=O) groups excluding carboxylic acids is 1. The summed E-state index contributed by atoms with van der Waals surface area (Å²) in [7, 11) is 0. The molecule has 4 heteroatoms. The first kappa shape index (κ1) is 11.5. The Morgan fingerprint density at radius 3 is 2.57 bits per heavy atom. The number of piperidine rings is 1. The van der Waals surface area contributed by atoms with E-state index in [4.69, 9.17) is 5.73 Å². The van der Waals surface area contributed by atoms with Crippen LogP contribution in [-0.4, -0.2) is 42.5 Å². The normalized spacial score (nSPS) is 21.9. The minimum Gasteiger partial charge on any atom is -0.354 e. The van der Waals surface area contributed by atoms with Gasteiger partial charge in [-0.1, -0.05) is 0 Å². The van der Waals surface area contributed by atoms with Crippen molar-refractivity contribution >= 4 is 5.91 Å². The van der Waals surface area contributed by atoms with Crippen LogP contribution in [0.4, 0.5) is 0 Å². The molecule has 1 fully saturated rings. The summed E-state index contributed by atoms with van der Waals surface area (Å²) in [5, 5.41) is 2.96. The molecule has 0 aromatic rings. The van der Waals surface area contributed by atoms with Gasteiger partial charge in [0, 0.05) is 38.6 Å². The summed E-state index contributed by atoms with van der Waals surface area (Å²) in [6.45, 7) is 6.67. The summed E-state index contributed by atoms with van der Waals surface area (Å²) in [6, 6.07) is 0.615. The van der Waals surface area contributed by atoms with Gasteiger partial charge in [0.05, 0.1) is 0 Å². The number of hydrogen-bond acceptors (Lipinski definition) is 3. The van der Waals surface area contributed by atoms with Gasteiger partial charge in [-0.25, -0.2) is 0 Å². The number of nitrogens with zero attached hydrogens (tertiary/aromatic N) is 1. The van der Waals surface area contributed by atoms with Crippen LogP contribution >= 0.6 is 0 Å². The quantitative estimate of drug-likeness (QED) is 0.669. The first-order chi connectivity index (χ1) is 6.58. The molecule has 82 valence electrons. The van der Waals surface area contributed by atoms with E-state index in [9.17, 15) is 4.79 Å². The van der Waals surface area contributed by atoms with E-state index in [1.54, 1.807) is 6.92 Å². The second-order valence-electron chi connectivity index (χ2n) is 4.25. The average molecular weight is 199 g/mol. The Kier molecular flexibility index (Phi) is 4.35. The third kappa shape index (κ3) is 4.07. The maximum atomic E-state index is 10.8. The number of nitrogens with one attached hydrogen (secondary N) is 1. The second-order valence-corrected chi connectivity index (χ2v) is 4.25. The maximum Gasteiger partial charge on any atom is 0.217 e. The SMILES string of the molecule is CC(=O)NC1CCN(CC(C)N)CC1. The van der Waals surface area contributed by atoms with E-state index in [1.165, 1.54) is 0 Å². The molecule has 1 atom stereocenters. The van der Waals surface area contributed by atoms with Crippen molar-refractivity contribution in [1.82, 2.24) is 10.2 Å². The lowest BCUT2D eigenvalue weighted by Gasteiger charge is -2.32. The Bertz CT molecular complexity index is 186. The van der Waals surface area contributed by atoms with Crippen molar-refractivity contribution in [3.8, 4) is 0 Å². The van der Waals surface area contributed by atoms with E-state index in [2.05, 4.69) is 10.2 Å². The molecule has 1 saturated heterocycles. The highest BCUT2D eigenvalue weighted by atomic mass is 16.1. The fraction of sp³-hybridized carbons (Fsp3) is 0.900. The van der Waals surface area contributed by atoms with Crippen molar-refractivity contribution in [3.63, 3.8) is 0 Å². The minimum atomic E-state index is 0.0793. The third-order valence-corrected chi connectivity index (χ3v) is 2.54. The molecule has 4 nitrogen and oxygen atoms in total. The average Bonchev–Trinajstić information content (AvgIpc) is 2.06. The van der Waals surface area contributed by atoms with Gasteiger partial charge in [-0.15, -0.1) is 0 Å². The number of hydrogen-bond donors (Lipinski definition) is 2. The molecule has 1 unspecified atom stereocenters. The van der Waals surface area contributed by atoms with Crippen molar-refractivity contribution in [3.05, 3.63) is 0 Å². The van der Waals surface area contributed by atoms with E-state index >= 15 is 0 Å². The van der Waals surface area contributed by atoms with Crippen molar-refractivity contribution < 1.29 is 4.79 Å². The molecule has 0 spiro atoms. The van der Waals surface area contributed by atoms with Crippen LogP contribution in [0.5, 0.6) is 0 Å². The first-order valence-electron chi connectivity index (χ1n) is 5.33. The molecular formula is C10H21N3O. The van der Waals surface area contributed by atoms with Gasteiger partial charge in [0.25, 0.3) is 0 Å². The number of likely N-dealkylation sites (tertiary alicyclic amines) is 1. The van der Waals surface area contributed by atoms with Crippen LogP contribution in [-0.2, 0) is 4.79 Å². The third-order valence-electron chi connectivity index (χ3n) is 2.54. The molecule has 1 rings (SSSR count). The van der Waals surface area contributed by atoms with Crippen LogP contribution in [0.1, 0.15) is 26.7 Å². The van der Waals surface area contributed by atoms with Gasteiger partial charge in [-0.3, -0.25) is 4.79 Å². The monoisotopic (exact) mass is 199 g/mol. The predicted molar refractivity (Wildman–Crippen MR) is 56.9 cm³/mol. The van der Waals surface area contributed by atoms with Gasteiger partial charge in [0.2, 0.25) is 5.91 Å². The Hall–Kier alpha value is -0.610. The number of rotatable bonds is 3. The molecule has 14 heavy (non-hydrogen) atoms. The van der Waals surface area contributed by atoms with Crippen LogP contribution < -0.4 is 11.1 Å². The zero-order valence-electron chi connectivity index (χ0n) is 9.12. The van der Waals surface area contributed by atoms with Crippen LogP contribution in [0.2, 0.25) is 0 Å². The standard InChI is InChI=1S/C10H21N3O/c1-8(11)7-13-5-3-10(4-6-13)12-9(2)14/h8,10H,3-7,11H2,1-2H3,(H,12,14). The second kappa shape index (κ2) is 5.32. The zero-order valence-corrected chi connectivity index (χ0v) is 9.12. The Morgan fingerprint density at radius 2 is 2.14 bits per heavy atom. The molecule has 0 bridgehead atoms. The van der Waals surface area contributed by atoms with Gasteiger partial charge in [0.1, 0.15) is 0 Å². The van der Waals surface area contributed by atoms with Gasteiger partial charge in [-0.05, 0) is 19.8 Å². The molecule has 0 aliphatic carbocycles. The molecule has 0 aromatic carbocycles. The van der Waals surface area contributed by atoms with Crippen molar-refractivity contribution in [2.24, 2.45) is 5.73 Å². The summed E-state index contributed by atoms with van der Waals surface area (Å²) < 4.78 is 0. The Morgan fingerprint density at radius 1 is 1.57 bits per heavy atom. The number of amides is 1. The van der Waals surface area contributed by atoms with Crippen LogP contribution in [0, 0.1) is 0 Å². The fourth-order valence-corrected chi connectivity index (χ4v) is 1.95. The van der Waals surface area contributed by atoms with Gasteiger partial charge in [-0.2, -0.15) is 0 Å². The molecule has 0 saturated carbocycles. The summed E-state index contributed by atoms with van der Waals surface area (Å²) in [5.74, 6) is 0.0793. The number of carbonyl (C=O) groups is 1. The lowest BCUT2D eigenvalue weighted by atomic mass is 10.0. The number of nitrogens with two attached hydrogens (primary N) is 1. The fourth-order valence-electron chi connectivity index (χ4n) is 1.95. The highest BCUT2D eigenvalue weighted by Gasteiger charge is 2.19. The van der Waals surface area contributed by atoms with Crippen LogP contribution in [0.25, 0.3) is 0 Å². The van der Waals surface area contributed by atoms with Crippen molar-refractivity contribution in [2.45, 2.75) is 38.8 Å². The first-order valence-corrected chi connectivity index (χ1v) is 5.33. The van der Waals surface area contributed by atoms with Crippen molar-refractivity contribution in [2.75, 3.05) is 19.6 Å². The predicted octanol–water partition coefficient (Wildman–Crippen LogP) is -0.0659. The minimum absolute atomic E-state index is 0.0793. The molecular weight excluding hydrogens is 178 g/mol. The lowest BCUT2D eigenvalue weighted by Crippen LogP contribution is -2.46. The molecule has 1 aliphatic rings. The Labute approximate surface area is 85.8 Å². The molecule has 1 amide bonds. The highest BCUT2D eigenvalue weighted by Crippen LogP contribution is 2.10. The lowest BCUT2D eigenvalue weighted by molar-refractivity contribution is -0.119. The van der Waals surface area contributed by atoms with Gasteiger partial charge >= 0.3 is 0 Å². The summed E-state index contributed by atoms with van der Waals surface area (Å²) in [5.41, 5.74) is 5.73. The largest absolute Gasteiger partial charge is 0.354 e. The van der Waals surface area contributed by atoms with E-state index in [1.807, 2.05) is 6.92 Å². The summed E-state index contributed by atoms with van der Waals surface area (Å²) in [4.78, 5) is 13.2. The van der Waals surface area contributed by atoms with Gasteiger partial charge in [0.15, 0.2) is 0 Å². The van der Waals surface area contributed by atoms with E-state index in [-0.39, 0.29) is 11.9 Å².